The van der Waals surface area contributed by atoms with Gasteiger partial charge in [-0.15, -0.1) is 5.10 Å². The van der Waals surface area contributed by atoms with E-state index in [1.54, 1.807) is 17.0 Å². The van der Waals surface area contributed by atoms with E-state index in [2.05, 4.69) is 20.8 Å². The number of hydrogen-bond acceptors (Lipinski definition) is 6. The van der Waals surface area contributed by atoms with E-state index >= 15 is 0 Å². The molecule has 4 rings (SSSR count). The Hall–Kier alpha value is -3.46. The predicted octanol–water partition coefficient (Wildman–Crippen LogP) is 2.67. The third kappa shape index (κ3) is 4.43. The van der Waals surface area contributed by atoms with Gasteiger partial charge in [-0.05, 0) is 47.9 Å². The van der Waals surface area contributed by atoms with Crippen LogP contribution in [0.1, 0.15) is 39.1 Å². The Bertz CT molecular complexity index is 1130. The van der Waals surface area contributed by atoms with Gasteiger partial charge in [0.15, 0.2) is 0 Å². The maximum Gasteiger partial charge on any atom is 0.257 e. The molecule has 0 radical (unpaired) electrons. The summed E-state index contributed by atoms with van der Waals surface area (Å²) in [5.41, 5.74) is 2.50. The summed E-state index contributed by atoms with van der Waals surface area (Å²) in [6.07, 6.45) is 2.75. The average molecular weight is 455 g/mol. The summed E-state index contributed by atoms with van der Waals surface area (Å²) in [5, 5.41) is 14.5. The molecular weight excluding hydrogens is 432 g/mol. The zero-order valence-electron chi connectivity index (χ0n) is 17.8. The first-order valence-electron chi connectivity index (χ1n) is 10.2. The molecule has 1 saturated heterocycles. The van der Waals surface area contributed by atoms with Crippen molar-refractivity contribution in [2.24, 2.45) is 0 Å². The number of amides is 2. The lowest BCUT2D eigenvalue weighted by Crippen LogP contribution is -2.46. The van der Waals surface area contributed by atoms with Gasteiger partial charge in [-0.1, -0.05) is 29.8 Å². The molecule has 2 amide bonds. The van der Waals surface area contributed by atoms with Crippen LogP contribution in [-0.4, -0.2) is 63.2 Å². The summed E-state index contributed by atoms with van der Waals surface area (Å²) in [4.78, 5) is 27.5. The second-order valence-corrected chi connectivity index (χ2v) is 8.02. The summed E-state index contributed by atoms with van der Waals surface area (Å²) < 4.78 is 6.84. The number of carbonyl (C=O) groups excluding carboxylic acids is 2. The number of nitrogens with zero attached hydrogens (tertiary/aromatic N) is 5. The van der Waals surface area contributed by atoms with Gasteiger partial charge in [0.2, 0.25) is 0 Å². The quantitative estimate of drug-likeness (QED) is 0.635. The van der Waals surface area contributed by atoms with Crippen LogP contribution in [0.25, 0.3) is 5.69 Å². The van der Waals surface area contributed by atoms with Crippen LogP contribution in [0.2, 0.25) is 5.02 Å². The van der Waals surface area contributed by atoms with E-state index in [1.807, 2.05) is 31.2 Å². The molecule has 0 atom stereocenters. The first kappa shape index (κ1) is 21.8. The van der Waals surface area contributed by atoms with Crippen molar-refractivity contribution in [3.8, 4) is 11.4 Å². The number of benzene rings is 2. The lowest BCUT2D eigenvalue weighted by molar-refractivity contribution is 0.0695. The van der Waals surface area contributed by atoms with Crippen molar-refractivity contribution < 1.29 is 14.3 Å². The van der Waals surface area contributed by atoms with Crippen LogP contribution in [0.3, 0.4) is 0 Å². The predicted molar refractivity (Wildman–Crippen MR) is 118 cm³/mol. The topological polar surface area (TPSA) is 102 Å². The monoisotopic (exact) mass is 454 g/mol. The van der Waals surface area contributed by atoms with Crippen molar-refractivity contribution >= 4 is 23.4 Å². The molecule has 3 aromatic rings. The minimum Gasteiger partial charge on any atom is -0.496 e. The van der Waals surface area contributed by atoms with Crippen molar-refractivity contribution in [2.45, 2.75) is 25.8 Å². The van der Waals surface area contributed by atoms with Crippen LogP contribution in [0.15, 0.2) is 42.7 Å². The second-order valence-electron chi connectivity index (χ2n) is 7.61. The van der Waals surface area contributed by atoms with E-state index in [1.165, 1.54) is 18.1 Å². The van der Waals surface area contributed by atoms with Crippen molar-refractivity contribution in [1.29, 1.82) is 0 Å². The number of piperidine rings is 1. The molecule has 1 aromatic heterocycles. The standard InChI is InChI=1S/C22H23ClN6O3/c1-14-5-3-4-6-16(14)21(30)25-15-7-9-28(10-8-15)22(31)17-11-18(23)19(12-20(17)32-2)29-13-24-26-27-29/h3-6,11-13,15H,7-10H2,1-2H3,(H,25,30). The number of aryl methyl sites for hydroxylation is 1. The number of halogens is 1. The van der Waals surface area contributed by atoms with Crippen LogP contribution in [0.4, 0.5) is 0 Å². The molecule has 2 aromatic carbocycles. The summed E-state index contributed by atoms with van der Waals surface area (Å²) in [6.45, 7) is 2.96. The van der Waals surface area contributed by atoms with Gasteiger partial charge in [0.05, 0.1) is 23.4 Å². The van der Waals surface area contributed by atoms with Gasteiger partial charge >= 0.3 is 0 Å². The molecule has 9 nitrogen and oxygen atoms in total. The van der Waals surface area contributed by atoms with Crippen LogP contribution in [0, 0.1) is 6.92 Å². The number of ether oxygens (including phenoxy) is 1. The van der Waals surface area contributed by atoms with Gasteiger partial charge in [0.25, 0.3) is 11.8 Å². The largest absolute Gasteiger partial charge is 0.496 e. The number of rotatable bonds is 5. The number of likely N-dealkylation sites (tertiary alicyclic amines) is 1. The molecular formula is C22H23ClN6O3. The number of tetrazole rings is 1. The van der Waals surface area contributed by atoms with E-state index in [4.69, 9.17) is 16.3 Å². The molecule has 1 N–H and O–H groups in total. The van der Waals surface area contributed by atoms with Crippen molar-refractivity contribution in [3.05, 3.63) is 64.4 Å². The Kier molecular flexibility index (Phi) is 6.36. The number of carbonyl (C=O) groups is 2. The van der Waals surface area contributed by atoms with Gasteiger partial charge < -0.3 is 15.0 Å². The van der Waals surface area contributed by atoms with Crippen LogP contribution < -0.4 is 10.1 Å². The molecule has 2 heterocycles. The lowest BCUT2D eigenvalue weighted by Gasteiger charge is -2.33. The van der Waals surface area contributed by atoms with E-state index in [0.717, 1.165) is 5.56 Å². The fourth-order valence-electron chi connectivity index (χ4n) is 3.81. The van der Waals surface area contributed by atoms with Gasteiger partial charge in [-0.3, -0.25) is 9.59 Å². The minimum absolute atomic E-state index is 0.0128. The maximum atomic E-state index is 13.2. The molecule has 0 saturated carbocycles. The number of nitrogens with one attached hydrogen (secondary N) is 1. The second kappa shape index (κ2) is 9.35. The summed E-state index contributed by atoms with van der Waals surface area (Å²) in [6, 6.07) is 10.7. The highest BCUT2D eigenvalue weighted by Crippen LogP contribution is 2.31. The van der Waals surface area contributed by atoms with Gasteiger partial charge in [0.1, 0.15) is 12.1 Å². The highest BCUT2D eigenvalue weighted by atomic mass is 35.5. The van der Waals surface area contributed by atoms with Crippen LogP contribution in [0.5, 0.6) is 5.75 Å². The molecule has 0 unspecified atom stereocenters. The first-order chi connectivity index (χ1) is 15.5. The zero-order chi connectivity index (χ0) is 22.7. The smallest absolute Gasteiger partial charge is 0.257 e. The van der Waals surface area contributed by atoms with E-state index in [-0.39, 0.29) is 17.9 Å². The molecule has 1 aliphatic rings. The zero-order valence-corrected chi connectivity index (χ0v) is 18.5. The van der Waals surface area contributed by atoms with E-state index < -0.39 is 0 Å². The number of hydrogen-bond donors (Lipinski definition) is 1. The third-order valence-corrected chi connectivity index (χ3v) is 5.90. The molecule has 0 spiro atoms. The Balaban J connectivity index is 1.43. The molecule has 1 fully saturated rings. The fraction of sp³-hybridized carbons (Fsp3) is 0.318. The Morgan fingerprint density at radius 1 is 1.16 bits per heavy atom. The third-order valence-electron chi connectivity index (χ3n) is 5.60. The fourth-order valence-corrected chi connectivity index (χ4v) is 4.06. The van der Waals surface area contributed by atoms with Gasteiger partial charge in [0, 0.05) is 30.8 Å². The highest BCUT2D eigenvalue weighted by molar-refractivity contribution is 6.33. The maximum absolute atomic E-state index is 13.2. The van der Waals surface area contributed by atoms with Crippen molar-refractivity contribution in [3.63, 3.8) is 0 Å². The average Bonchev–Trinajstić information content (AvgIpc) is 3.34. The van der Waals surface area contributed by atoms with E-state index in [9.17, 15) is 9.59 Å². The Morgan fingerprint density at radius 2 is 1.91 bits per heavy atom. The molecule has 0 aliphatic carbocycles. The Morgan fingerprint density at radius 3 is 2.56 bits per heavy atom. The van der Waals surface area contributed by atoms with Gasteiger partial charge in [-0.2, -0.15) is 4.68 Å². The molecule has 32 heavy (non-hydrogen) atoms. The summed E-state index contributed by atoms with van der Waals surface area (Å²) in [7, 11) is 1.50. The molecule has 0 bridgehead atoms. The molecule has 166 valence electrons. The van der Waals surface area contributed by atoms with E-state index in [0.29, 0.717) is 53.5 Å². The normalized spacial score (nSPS) is 14.3. The number of methoxy groups -OCH3 is 1. The minimum atomic E-state index is -0.171. The first-order valence-corrected chi connectivity index (χ1v) is 10.6. The summed E-state index contributed by atoms with van der Waals surface area (Å²) in [5.74, 6) is 0.134. The lowest BCUT2D eigenvalue weighted by atomic mass is 10.0. The van der Waals surface area contributed by atoms with Crippen molar-refractivity contribution in [2.75, 3.05) is 20.2 Å². The molecule has 1 aliphatic heterocycles. The number of aromatic nitrogens is 4. The van der Waals surface area contributed by atoms with Crippen LogP contribution >= 0.6 is 11.6 Å². The summed E-state index contributed by atoms with van der Waals surface area (Å²) >= 11 is 6.39. The van der Waals surface area contributed by atoms with Crippen LogP contribution in [-0.2, 0) is 0 Å². The SMILES string of the molecule is COc1cc(-n2cnnn2)c(Cl)cc1C(=O)N1CCC(NC(=O)c2ccccc2C)CC1. The molecule has 10 heteroatoms. The van der Waals surface area contributed by atoms with Gasteiger partial charge in [-0.25, -0.2) is 0 Å². The van der Waals surface area contributed by atoms with Crippen molar-refractivity contribution in [1.82, 2.24) is 30.4 Å². The highest BCUT2D eigenvalue weighted by Gasteiger charge is 2.27. The Labute approximate surface area is 190 Å².